The van der Waals surface area contributed by atoms with Gasteiger partial charge < -0.3 is 10.2 Å². The standard InChI is InChI=1S/C15H20BrF3N2/c1-2-21(10-11-4-3-7-20-9-11)14-6-5-12(8-13(14)16)15(17,18)19/h5-6,8,11,20H,2-4,7,9-10H2,1H3. The lowest BCUT2D eigenvalue weighted by atomic mass is 9.99. The lowest BCUT2D eigenvalue weighted by Crippen LogP contribution is -2.38. The Labute approximate surface area is 131 Å². The van der Waals surface area contributed by atoms with Crippen LogP contribution in [0.15, 0.2) is 22.7 Å². The number of nitrogens with one attached hydrogen (secondary N) is 1. The Bertz CT molecular complexity index is 470. The van der Waals surface area contributed by atoms with Crippen molar-refractivity contribution in [2.45, 2.75) is 25.9 Å². The molecule has 0 saturated carbocycles. The first kappa shape index (κ1) is 16.6. The van der Waals surface area contributed by atoms with Gasteiger partial charge in [0.2, 0.25) is 0 Å². The Kier molecular flexibility index (Phi) is 5.54. The van der Waals surface area contributed by atoms with Crippen molar-refractivity contribution in [3.63, 3.8) is 0 Å². The van der Waals surface area contributed by atoms with E-state index in [-0.39, 0.29) is 0 Å². The lowest BCUT2D eigenvalue weighted by molar-refractivity contribution is -0.137. The Hall–Kier alpha value is -0.750. The predicted molar refractivity (Wildman–Crippen MR) is 82.6 cm³/mol. The summed E-state index contributed by atoms with van der Waals surface area (Å²) in [5.74, 6) is 0.549. The summed E-state index contributed by atoms with van der Waals surface area (Å²) in [4.78, 5) is 2.14. The van der Waals surface area contributed by atoms with Gasteiger partial charge in [-0.1, -0.05) is 0 Å². The molecule has 0 aromatic heterocycles. The van der Waals surface area contributed by atoms with Crippen LogP contribution in [-0.2, 0) is 6.18 Å². The molecule has 1 aromatic rings. The summed E-state index contributed by atoms with van der Waals surface area (Å²) in [5.41, 5.74) is 0.213. The summed E-state index contributed by atoms with van der Waals surface area (Å²) >= 11 is 3.29. The van der Waals surface area contributed by atoms with Crippen LogP contribution in [0.1, 0.15) is 25.3 Å². The zero-order chi connectivity index (χ0) is 15.5. The normalized spacial score (nSPS) is 19.6. The summed E-state index contributed by atoms with van der Waals surface area (Å²) in [6.45, 7) is 5.72. The molecule has 1 atom stereocenters. The van der Waals surface area contributed by atoms with E-state index in [0.717, 1.165) is 50.4 Å². The Morgan fingerprint density at radius 3 is 2.67 bits per heavy atom. The highest BCUT2D eigenvalue weighted by Gasteiger charge is 2.31. The van der Waals surface area contributed by atoms with E-state index >= 15 is 0 Å². The fourth-order valence-electron chi connectivity index (χ4n) is 2.73. The average Bonchev–Trinajstić information content (AvgIpc) is 2.45. The van der Waals surface area contributed by atoms with Crippen molar-refractivity contribution < 1.29 is 13.2 Å². The molecule has 1 unspecified atom stereocenters. The minimum Gasteiger partial charge on any atom is -0.371 e. The van der Waals surface area contributed by atoms with E-state index in [1.54, 1.807) is 6.07 Å². The van der Waals surface area contributed by atoms with Gasteiger partial charge in [0, 0.05) is 17.6 Å². The van der Waals surface area contributed by atoms with Gasteiger partial charge in [-0.15, -0.1) is 0 Å². The van der Waals surface area contributed by atoms with Crippen LogP contribution in [0.2, 0.25) is 0 Å². The number of rotatable bonds is 4. The first-order valence-electron chi connectivity index (χ1n) is 7.24. The van der Waals surface area contributed by atoms with Gasteiger partial charge in [-0.2, -0.15) is 13.2 Å². The summed E-state index contributed by atoms with van der Waals surface area (Å²) < 4.78 is 38.6. The summed E-state index contributed by atoms with van der Waals surface area (Å²) in [5, 5.41) is 3.37. The highest BCUT2D eigenvalue weighted by Crippen LogP contribution is 2.35. The second kappa shape index (κ2) is 7.01. The highest BCUT2D eigenvalue weighted by atomic mass is 79.9. The van der Waals surface area contributed by atoms with E-state index in [2.05, 4.69) is 26.1 Å². The summed E-state index contributed by atoms with van der Waals surface area (Å²) in [7, 11) is 0. The maximum atomic E-state index is 12.7. The van der Waals surface area contributed by atoms with Crippen molar-refractivity contribution in [1.82, 2.24) is 5.32 Å². The molecule has 1 heterocycles. The van der Waals surface area contributed by atoms with Crippen molar-refractivity contribution in [2.75, 3.05) is 31.1 Å². The van der Waals surface area contributed by atoms with Gasteiger partial charge in [0.05, 0.1) is 11.3 Å². The maximum absolute atomic E-state index is 12.7. The quantitative estimate of drug-likeness (QED) is 0.856. The number of halogens is 4. The molecule has 0 spiro atoms. The van der Waals surface area contributed by atoms with Gasteiger partial charge >= 0.3 is 6.18 Å². The number of anilines is 1. The van der Waals surface area contributed by atoms with Crippen LogP contribution in [0.3, 0.4) is 0 Å². The number of nitrogens with zero attached hydrogens (tertiary/aromatic N) is 1. The van der Waals surface area contributed by atoms with E-state index in [0.29, 0.717) is 10.4 Å². The van der Waals surface area contributed by atoms with Gasteiger partial charge in [-0.25, -0.2) is 0 Å². The largest absolute Gasteiger partial charge is 0.416 e. The van der Waals surface area contributed by atoms with Crippen molar-refractivity contribution in [1.29, 1.82) is 0 Å². The molecular formula is C15H20BrF3N2. The smallest absolute Gasteiger partial charge is 0.371 e. The Morgan fingerprint density at radius 2 is 2.14 bits per heavy atom. The van der Waals surface area contributed by atoms with E-state index in [1.165, 1.54) is 6.42 Å². The van der Waals surface area contributed by atoms with Crippen LogP contribution in [0.25, 0.3) is 0 Å². The number of hydrogen-bond acceptors (Lipinski definition) is 2. The van der Waals surface area contributed by atoms with Crippen molar-refractivity contribution in [3.8, 4) is 0 Å². The predicted octanol–water partition coefficient (Wildman–Crippen LogP) is 4.29. The van der Waals surface area contributed by atoms with Gasteiger partial charge in [0.15, 0.2) is 0 Å². The Balaban J connectivity index is 2.14. The zero-order valence-corrected chi connectivity index (χ0v) is 13.6. The highest BCUT2D eigenvalue weighted by molar-refractivity contribution is 9.10. The molecule has 1 aromatic carbocycles. The lowest BCUT2D eigenvalue weighted by Gasteiger charge is -2.31. The first-order valence-corrected chi connectivity index (χ1v) is 8.03. The SMILES string of the molecule is CCN(CC1CCCNC1)c1ccc(C(F)(F)F)cc1Br. The molecule has 1 N–H and O–H groups in total. The molecule has 0 bridgehead atoms. The fraction of sp³-hybridized carbons (Fsp3) is 0.600. The van der Waals surface area contributed by atoms with Crippen LogP contribution in [0.5, 0.6) is 0 Å². The molecule has 1 aliphatic rings. The minimum absolute atomic E-state index is 0.503. The molecule has 2 rings (SSSR count). The van der Waals surface area contributed by atoms with E-state index in [1.807, 2.05) is 6.92 Å². The molecule has 1 fully saturated rings. The monoisotopic (exact) mass is 364 g/mol. The maximum Gasteiger partial charge on any atom is 0.416 e. The van der Waals surface area contributed by atoms with Crippen molar-refractivity contribution in [3.05, 3.63) is 28.2 Å². The molecule has 0 amide bonds. The Morgan fingerprint density at radius 1 is 1.38 bits per heavy atom. The van der Waals surface area contributed by atoms with Crippen LogP contribution < -0.4 is 10.2 Å². The third-order valence-electron chi connectivity index (χ3n) is 3.87. The third kappa shape index (κ3) is 4.36. The fourth-order valence-corrected chi connectivity index (χ4v) is 3.36. The van der Waals surface area contributed by atoms with Gasteiger partial charge in [0.25, 0.3) is 0 Å². The zero-order valence-electron chi connectivity index (χ0n) is 12.0. The second-order valence-corrected chi connectivity index (χ2v) is 6.27. The van der Waals surface area contributed by atoms with Gasteiger partial charge in [0.1, 0.15) is 0 Å². The number of alkyl halides is 3. The topological polar surface area (TPSA) is 15.3 Å². The van der Waals surface area contributed by atoms with Crippen LogP contribution >= 0.6 is 15.9 Å². The van der Waals surface area contributed by atoms with Crippen molar-refractivity contribution >= 4 is 21.6 Å². The van der Waals surface area contributed by atoms with Gasteiger partial charge in [-0.05, 0) is 72.9 Å². The van der Waals surface area contributed by atoms with Gasteiger partial charge in [-0.3, -0.25) is 0 Å². The first-order chi connectivity index (χ1) is 9.91. The molecule has 1 aliphatic heterocycles. The molecule has 1 saturated heterocycles. The average molecular weight is 365 g/mol. The molecule has 118 valence electrons. The van der Waals surface area contributed by atoms with Crippen LogP contribution in [0, 0.1) is 5.92 Å². The molecule has 6 heteroatoms. The van der Waals surface area contributed by atoms with Crippen molar-refractivity contribution in [2.24, 2.45) is 5.92 Å². The number of piperidine rings is 1. The molecular weight excluding hydrogens is 345 g/mol. The molecule has 21 heavy (non-hydrogen) atoms. The van der Waals surface area contributed by atoms with E-state index in [4.69, 9.17) is 0 Å². The summed E-state index contributed by atoms with van der Waals surface area (Å²) in [6.07, 6.45) is -1.97. The van der Waals surface area contributed by atoms with Crippen LogP contribution in [0.4, 0.5) is 18.9 Å². The third-order valence-corrected chi connectivity index (χ3v) is 4.51. The molecule has 0 radical (unpaired) electrons. The number of hydrogen-bond donors (Lipinski definition) is 1. The summed E-state index contributed by atoms with van der Waals surface area (Å²) in [6, 6.07) is 3.88. The minimum atomic E-state index is -4.30. The second-order valence-electron chi connectivity index (χ2n) is 5.41. The number of benzene rings is 1. The van der Waals surface area contributed by atoms with E-state index in [9.17, 15) is 13.2 Å². The molecule has 0 aliphatic carbocycles. The van der Waals surface area contributed by atoms with Crippen LogP contribution in [-0.4, -0.2) is 26.2 Å². The van der Waals surface area contributed by atoms with E-state index < -0.39 is 11.7 Å². The molecule has 2 nitrogen and oxygen atoms in total.